The number of amides is 1. The van der Waals surface area contributed by atoms with Crippen molar-refractivity contribution in [3.05, 3.63) is 68.6 Å². The number of carbonyl (C=O) groups excluding carboxylic acids is 1. The Kier molecular flexibility index (Phi) is 4.93. The van der Waals surface area contributed by atoms with Crippen LogP contribution in [0, 0.1) is 15.9 Å². The van der Waals surface area contributed by atoms with Gasteiger partial charge in [0.2, 0.25) is 0 Å². The van der Waals surface area contributed by atoms with E-state index in [0.29, 0.717) is 0 Å². The lowest BCUT2D eigenvalue weighted by Gasteiger charge is -2.23. The number of anilines is 1. The molecular formula is C19H16FN5O3S. The summed E-state index contributed by atoms with van der Waals surface area (Å²) in [7, 11) is 0. The summed E-state index contributed by atoms with van der Waals surface area (Å²) in [5.41, 5.74) is 6.72. The number of halogens is 1. The summed E-state index contributed by atoms with van der Waals surface area (Å²) in [6.45, 7) is 0. The van der Waals surface area contributed by atoms with Crippen LogP contribution in [0.3, 0.4) is 0 Å². The summed E-state index contributed by atoms with van der Waals surface area (Å²) in [6, 6.07) is 7.07. The molecule has 1 amide bonds. The Bertz CT molecular complexity index is 1100. The number of nitrogens with two attached hydrogens (primary N) is 1. The zero-order valence-corrected chi connectivity index (χ0v) is 15.9. The molecule has 4 rings (SSSR count). The van der Waals surface area contributed by atoms with Gasteiger partial charge in [0.15, 0.2) is 0 Å². The minimum absolute atomic E-state index is 0.0414. The van der Waals surface area contributed by atoms with Crippen LogP contribution in [0.25, 0.3) is 10.6 Å². The Labute approximate surface area is 168 Å². The Morgan fingerprint density at radius 2 is 2.10 bits per heavy atom. The van der Waals surface area contributed by atoms with Crippen molar-refractivity contribution in [2.24, 2.45) is 5.73 Å². The first kappa shape index (κ1) is 18.9. The zero-order valence-electron chi connectivity index (χ0n) is 15.1. The predicted octanol–water partition coefficient (Wildman–Crippen LogP) is 3.84. The molecular weight excluding hydrogens is 397 g/mol. The Balaban J connectivity index is 1.66. The van der Waals surface area contributed by atoms with Crippen molar-refractivity contribution in [2.75, 3.05) is 5.32 Å². The highest BCUT2D eigenvalue weighted by Gasteiger charge is 2.27. The van der Waals surface area contributed by atoms with Gasteiger partial charge in [-0.05, 0) is 43.5 Å². The first-order valence-corrected chi connectivity index (χ1v) is 9.70. The molecule has 1 aliphatic carbocycles. The number of aromatic nitrogens is 2. The molecule has 0 aliphatic heterocycles. The molecule has 148 valence electrons. The SMILES string of the molecule is NC(=O)c1cc([N+](=O)[O-])cnc1NC1CCCc2sc(-c3ccc(F)cc3)nc21. The second kappa shape index (κ2) is 7.55. The fourth-order valence-corrected chi connectivity index (χ4v) is 4.47. The van der Waals surface area contributed by atoms with E-state index in [-0.39, 0.29) is 28.9 Å². The van der Waals surface area contributed by atoms with Crippen LogP contribution in [0.2, 0.25) is 0 Å². The van der Waals surface area contributed by atoms with Gasteiger partial charge in [-0.1, -0.05) is 0 Å². The topological polar surface area (TPSA) is 124 Å². The highest BCUT2D eigenvalue weighted by Crippen LogP contribution is 2.39. The van der Waals surface area contributed by atoms with Gasteiger partial charge < -0.3 is 11.1 Å². The van der Waals surface area contributed by atoms with E-state index in [9.17, 15) is 19.3 Å². The van der Waals surface area contributed by atoms with Gasteiger partial charge in [0, 0.05) is 16.5 Å². The minimum Gasteiger partial charge on any atom is -0.365 e. The lowest BCUT2D eigenvalue weighted by atomic mass is 9.97. The molecule has 0 bridgehead atoms. The summed E-state index contributed by atoms with van der Waals surface area (Å²) >= 11 is 1.55. The summed E-state index contributed by atoms with van der Waals surface area (Å²) in [6.07, 6.45) is 3.64. The smallest absolute Gasteiger partial charge is 0.288 e. The molecule has 0 saturated carbocycles. The quantitative estimate of drug-likeness (QED) is 0.484. The summed E-state index contributed by atoms with van der Waals surface area (Å²) < 4.78 is 13.2. The first-order chi connectivity index (χ1) is 13.9. The molecule has 0 saturated heterocycles. The number of nitrogens with zero attached hydrogens (tertiary/aromatic N) is 3. The second-order valence-corrected chi connectivity index (χ2v) is 7.72. The lowest BCUT2D eigenvalue weighted by Crippen LogP contribution is -2.21. The number of hydrogen-bond acceptors (Lipinski definition) is 7. The van der Waals surface area contributed by atoms with Gasteiger partial charge in [-0.3, -0.25) is 14.9 Å². The van der Waals surface area contributed by atoms with E-state index >= 15 is 0 Å². The predicted molar refractivity (Wildman–Crippen MR) is 106 cm³/mol. The van der Waals surface area contributed by atoms with Crippen LogP contribution < -0.4 is 11.1 Å². The number of fused-ring (bicyclic) bond motifs is 1. The maximum absolute atomic E-state index is 13.2. The average Bonchev–Trinajstić information content (AvgIpc) is 3.14. The standard InChI is InChI=1S/C19H16FN5O3S/c20-11-6-4-10(5-7-11)19-24-16-14(2-1-3-15(16)29-19)23-18-13(17(21)26)8-12(9-22-18)25(27)28/h4-9,14H,1-3H2,(H2,21,26)(H,22,23). The molecule has 2 aromatic heterocycles. The third-order valence-corrected chi connectivity index (χ3v) is 5.89. The van der Waals surface area contributed by atoms with Crippen molar-refractivity contribution in [3.8, 4) is 10.6 Å². The fraction of sp³-hybridized carbons (Fsp3) is 0.211. The monoisotopic (exact) mass is 413 g/mol. The van der Waals surface area contributed by atoms with Crippen molar-refractivity contribution in [1.29, 1.82) is 0 Å². The summed E-state index contributed by atoms with van der Waals surface area (Å²) in [4.78, 5) is 32.0. The van der Waals surface area contributed by atoms with Crippen LogP contribution in [0.1, 0.15) is 39.8 Å². The number of aryl methyl sites for hydroxylation is 1. The third-order valence-electron chi connectivity index (χ3n) is 4.71. The van der Waals surface area contributed by atoms with E-state index < -0.39 is 10.8 Å². The minimum atomic E-state index is -0.801. The molecule has 8 nitrogen and oxygen atoms in total. The number of nitro groups is 1. The Hall–Kier alpha value is -3.40. The van der Waals surface area contributed by atoms with Gasteiger partial charge in [-0.2, -0.15) is 0 Å². The van der Waals surface area contributed by atoms with Crippen molar-refractivity contribution in [3.63, 3.8) is 0 Å². The molecule has 3 N–H and O–H groups in total. The molecule has 0 fully saturated rings. The van der Waals surface area contributed by atoms with Crippen molar-refractivity contribution in [2.45, 2.75) is 25.3 Å². The van der Waals surface area contributed by atoms with Crippen LogP contribution in [-0.2, 0) is 6.42 Å². The highest BCUT2D eigenvalue weighted by molar-refractivity contribution is 7.15. The molecule has 1 unspecified atom stereocenters. The highest BCUT2D eigenvalue weighted by atomic mass is 32.1. The van der Waals surface area contributed by atoms with Crippen LogP contribution in [0.4, 0.5) is 15.9 Å². The maximum Gasteiger partial charge on any atom is 0.288 e. The number of nitrogens with one attached hydrogen (secondary N) is 1. The summed E-state index contributed by atoms with van der Waals surface area (Å²) in [5, 5.41) is 14.9. The second-order valence-electron chi connectivity index (χ2n) is 6.63. The summed E-state index contributed by atoms with van der Waals surface area (Å²) in [5.74, 6) is -0.917. The maximum atomic E-state index is 13.2. The number of carbonyl (C=O) groups is 1. The largest absolute Gasteiger partial charge is 0.365 e. The van der Waals surface area contributed by atoms with Crippen LogP contribution in [0.5, 0.6) is 0 Å². The number of hydrogen-bond donors (Lipinski definition) is 2. The van der Waals surface area contributed by atoms with Gasteiger partial charge in [-0.25, -0.2) is 14.4 Å². The normalized spacial score (nSPS) is 15.6. The van der Waals surface area contributed by atoms with Gasteiger partial charge in [0.1, 0.15) is 22.8 Å². The number of rotatable bonds is 5. The molecule has 2 heterocycles. The van der Waals surface area contributed by atoms with Crippen molar-refractivity contribution in [1.82, 2.24) is 9.97 Å². The van der Waals surface area contributed by atoms with E-state index in [1.807, 2.05) is 0 Å². The Morgan fingerprint density at radius 3 is 2.79 bits per heavy atom. The van der Waals surface area contributed by atoms with Crippen molar-refractivity contribution < 1.29 is 14.1 Å². The van der Waals surface area contributed by atoms with Crippen LogP contribution in [0.15, 0.2) is 36.5 Å². The number of pyridine rings is 1. The molecule has 1 aromatic carbocycles. The zero-order chi connectivity index (χ0) is 20.5. The molecule has 1 atom stereocenters. The first-order valence-electron chi connectivity index (χ1n) is 8.88. The number of thiazole rings is 1. The third kappa shape index (κ3) is 3.79. The van der Waals surface area contributed by atoms with Gasteiger partial charge in [-0.15, -0.1) is 11.3 Å². The lowest BCUT2D eigenvalue weighted by molar-refractivity contribution is -0.385. The number of benzene rings is 1. The molecule has 3 aromatic rings. The van der Waals surface area contributed by atoms with E-state index in [1.54, 1.807) is 23.5 Å². The molecule has 0 spiro atoms. The Morgan fingerprint density at radius 1 is 1.34 bits per heavy atom. The van der Waals surface area contributed by atoms with Gasteiger partial charge in [0.25, 0.3) is 11.6 Å². The molecule has 29 heavy (non-hydrogen) atoms. The van der Waals surface area contributed by atoms with Crippen LogP contribution in [-0.4, -0.2) is 20.8 Å². The molecule has 10 heteroatoms. The van der Waals surface area contributed by atoms with Gasteiger partial charge in [0.05, 0.1) is 22.2 Å². The molecule has 1 aliphatic rings. The van der Waals surface area contributed by atoms with Gasteiger partial charge >= 0.3 is 0 Å². The number of primary amides is 1. The fourth-order valence-electron chi connectivity index (χ4n) is 3.30. The van der Waals surface area contributed by atoms with E-state index in [4.69, 9.17) is 10.7 Å². The van der Waals surface area contributed by atoms with E-state index in [2.05, 4.69) is 10.3 Å². The average molecular weight is 413 g/mol. The van der Waals surface area contributed by atoms with E-state index in [0.717, 1.165) is 52.7 Å². The van der Waals surface area contributed by atoms with E-state index in [1.165, 1.54) is 12.1 Å². The van der Waals surface area contributed by atoms with Crippen molar-refractivity contribution >= 4 is 28.7 Å². The van der Waals surface area contributed by atoms with Crippen LogP contribution >= 0.6 is 11.3 Å². The molecule has 0 radical (unpaired) electrons.